The lowest BCUT2D eigenvalue weighted by Gasteiger charge is -2.13. The molecule has 1 rings (SSSR count). The highest BCUT2D eigenvalue weighted by Crippen LogP contribution is 2.37. The van der Waals surface area contributed by atoms with Gasteiger partial charge < -0.3 is 5.11 Å². The van der Waals surface area contributed by atoms with Crippen LogP contribution in [0.1, 0.15) is 23.4 Å². The minimum Gasteiger partial charge on any atom is -0.506 e. The number of aromatic nitrogens is 1. The fourth-order valence-corrected chi connectivity index (χ4v) is 1.16. The number of nitriles is 1. The summed E-state index contributed by atoms with van der Waals surface area (Å²) in [6.45, 7) is 0. The van der Waals surface area contributed by atoms with E-state index in [0.29, 0.717) is 0 Å². The normalized spacial score (nSPS) is 11.6. The highest BCUT2D eigenvalue weighted by Gasteiger charge is 2.37. The monoisotopic (exact) mass is 252 g/mol. The molecule has 3 nitrogen and oxygen atoms in total. The minimum absolute atomic E-state index is 0.154. The highest BCUT2D eigenvalue weighted by molar-refractivity contribution is 5.37. The fourth-order valence-electron chi connectivity index (χ4n) is 1.16. The van der Waals surface area contributed by atoms with Gasteiger partial charge in [-0.1, -0.05) is 0 Å². The number of pyridine rings is 1. The topological polar surface area (TPSA) is 56.9 Å². The van der Waals surface area contributed by atoms with Gasteiger partial charge in [-0.15, -0.1) is 0 Å². The molecule has 0 atom stereocenters. The molecule has 1 aromatic rings. The zero-order valence-electron chi connectivity index (χ0n) is 8.09. The minimum atomic E-state index is -5.04. The van der Waals surface area contributed by atoms with Crippen molar-refractivity contribution in [3.63, 3.8) is 0 Å². The number of aromatic hydroxyl groups is 1. The van der Waals surface area contributed by atoms with Crippen LogP contribution in [0.4, 0.5) is 22.0 Å². The Labute approximate surface area is 92.1 Å². The Morgan fingerprint density at radius 1 is 1.41 bits per heavy atom. The molecule has 0 aliphatic rings. The molecule has 92 valence electrons. The van der Waals surface area contributed by atoms with Crippen LogP contribution in [-0.4, -0.2) is 10.1 Å². The van der Waals surface area contributed by atoms with Gasteiger partial charge in [0.25, 0.3) is 6.43 Å². The van der Waals surface area contributed by atoms with Crippen LogP contribution in [0.25, 0.3) is 0 Å². The zero-order chi connectivity index (χ0) is 13.2. The number of halogens is 5. The summed E-state index contributed by atoms with van der Waals surface area (Å²) in [5.41, 5.74) is -3.69. The van der Waals surface area contributed by atoms with Crippen LogP contribution in [0.3, 0.4) is 0 Å². The molecule has 0 fully saturated rings. The van der Waals surface area contributed by atoms with Crippen molar-refractivity contribution in [3.05, 3.63) is 23.0 Å². The van der Waals surface area contributed by atoms with Crippen LogP contribution >= 0.6 is 0 Å². The Morgan fingerprint density at radius 2 is 2.00 bits per heavy atom. The van der Waals surface area contributed by atoms with Crippen molar-refractivity contribution in [2.75, 3.05) is 0 Å². The Morgan fingerprint density at radius 3 is 2.41 bits per heavy atom. The standard InChI is InChI=1S/C9H5F5N2O/c10-8(11)7-4(9(12,13)14)3-6(17)5(16-7)1-2-15/h3,8,17H,1H2. The molecular formula is C9H5F5N2O. The predicted octanol–water partition coefficient (Wildman–Crippen LogP) is 2.81. The molecule has 0 radical (unpaired) electrons. The number of hydrogen-bond acceptors (Lipinski definition) is 3. The van der Waals surface area contributed by atoms with Crippen LogP contribution in [-0.2, 0) is 12.6 Å². The first-order chi connectivity index (χ1) is 7.77. The van der Waals surface area contributed by atoms with Gasteiger partial charge in [-0.05, 0) is 6.07 Å². The Bertz CT molecular complexity index is 464. The molecule has 8 heteroatoms. The van der Waals surface area contributed by atoms with Crippen molar-refractivity contribution in [2.24, 2.45) is 0 Å². The van der Waals surface area contributed by atoms with Gasteiger partial charge in [0.15, 0.2) is 0 Å². The molecule has 0 amide bonds. The summed E-state index contributed by atoms with van der Waals surface area (Å²) in [5.74, 6) is -0.928. The smallest absolute Gasteiger partial charge is 0.418 e. The first kappa shape index (κ1) is 13.2. The van der Waals surface area contributed by atoms with Gasteiger partial charge in [-0.2, -0.15) is 18.4 Å². The molecule has 0 spiro atoms. The molecule has 0 unspecified atom stereocenters. The van der Waals surface area contributed by atoms with E-state index in [1.165, 1.54) is 6.07 Å². The van der Waals surface area contributed by atoms with Gasteiger partial charge in [-0.25, -0.2) is 13.8 Å². The Kier molecular flexibility index (Phi) is 3.50. The van der Waals surface area contributed by atoms with E-state index in [1.807, 2.05) is 0 Å². The number of hydrogen-bond donors (Lipinski definition) is 1. The molecule has 1 aromatic heterocycles. The maximum absolute atomic E-state index is 12.4. The van der Waals surface area contributed by atoms with E-state index in [0.717, 1.165) is 0 Å². The quantitative estimate of drug-likeness (QED) is 0.823. The second-order valence-corrected chi connectivity index (χ2v) is 3.02. The van der Waals surface area contributed by atoms with Gasteiger partial charge in [0.1, 0.15) is 11.4 Å². The average Bonchev–Trinajstić information content (AvgIpc) is 2.19. The Balaban J connectivity index is 3.42. The lowest BCUT2D eigenvalue weighted by Crippen LogP contribution is -2.12. The lowest BCUT2D eigenvalue weighted by atomic mass is 10.1. The summed E-state index contributed by atoms with van der Waals surface area (Å²) >= 11 is 0. The summed E-state index contributed by atoms with van der Waals surface area (Å²) in [6, 6.07) is 1.65. The van der Waals surface area contributed by atoms with Crippen molar-refractivity contribution >= 4 is 0 Å². The van der Waals surface area contributed by atoms with E-state index < -0.39 is 41.7 Å². The third-order valence-corrected chi connectivity index (χ3v) is 1.87. The van der Waals surface area contributed by atoms with Crippen molar-refractivity contribution in [1.29, 1.82) is 5.26 Å². The molecule has 1 N–H and O–H groups in total. The van der Waals surface area contributed by atoms with Crippen LogP contribution in [0.15, 0.2) is 6.07 Å². The van der Waals surface area contributed by atoms with Crippen LogP contribution in [0.2, 0.25) is 0 Å². The van der Waals surface area contributed by atoms with E-state index in [-0.39, 0.29) is 6.07 Å². The summed E-state index contributed by atoms with van der Waals surface area (Å²) < 4.78 is 61.8. The summed E-state index contributed by atoms with van der Waals surface area (Å²) in [6.07, 6.45) is -9.03. The van der Waals surface area contributed by atoms with Crippen LogP contribution < -0.4 is 0 Å². The van der Waals surface area contributed by atoms with Crippen molar-refractivity contribution in [2.45, 2.75) is 19.0 Å². The van der Waals surface area contributed by atoms with Gasteiger partial charge in [-0.3, -0.25) is 0 Å². The molecular weight excluding hydrogens is 247 g/mol. The molecule has 0 saturated heterocycles. The van der Waals surface area contributed by atoms with Gasteiger partial charge in [0.2, 0.25) is 0 Å². The zero-order valence-corrected chi connectivity index (χ0v) is 8.09. The molecule has 0 aromatic carbocycles. The molecule has 17 heavy (non-hydrogen) atoms. The van der Waals surface area contributed by atoms with Crippen molar-refractivity contribution < 1.29 is 27.1 Å². The van der Waals surface area contributed by atoms with Gasteiger partial charge in [0.05, 0.1) is 23.7 Å². The third kappa shape index (κ3) is 2.81. The van der Waals surface area contributed by atoms with Crippen LogP contribution in [0.5, 0.6) is 5.75 Å². The average molecular weight is 252 g/mol. The number of alkyl halides is 5. The van der Waals surface area contributed by atoms with E-state index in [1.54, 1.807) is 0 Å². The first-order valence-corrected chi connectivity index (χ1v) is 4.22. The predicted molar refractivity (Wildman–Crippen MR) is 45.2 cm³/mol. The van der Waals surface area contributed by atoms with Crippen molar-refractivity contribution in [1.82, 2.24) is 4.98 Å². The highest BCUT2D eigenvalue weighted by atomic mass is 19.4. The molecule has 0 aliphatic carbocycles. The van der Waals surface area contributed by atoms with Crippen molar-refractivity contribution in [3.8, 4) is 11.8 Å². The maximum atomic E-state index is 12.4. The van der Waals surface area contributed by atoms with Crippen LogP contribution in [0, 0.1) is 11.3 Å². The molecule has 0 bridgehead atoms. The number of rotatable bonds is 2. The second kappa shape index (κ2) is 4.53. The van der Waals surface area contributed by atoms with E-state index in [2.05, 4.69) is 4.98 Å². The fraction of sp³-hybridized carbons (Fsp3) is 0.333. The largest absolute Gasteiger partial charge is 0.506 e. The summed E-state index contributed by atoms with van der Waals surface area (Å²) in [5, 5.41) is 17.4. The Hall–Kier alpha value is -1.91. The lowest BCUT2D eigenvalue weighted by molar-refractivity contribution is -0.140. The van der Waals surface area contributed by atoms with E-state index in [4.69, 9.17) is 10.4 Å². The van der Waals surface area contributed by atoms with E-state index >= 15 is 0 Å². The maximum Gasteiger partial charge on any atom is 0.418 e. The first-order valence-electron chi connectivity index (χ1n) is 4.22. The van der Waals surface area contributed by atoms with Gasteiger partial charge >= 0.3 is 6.18 Å². The van der Waals surface area contributed by atoms with E-state index in [9.17, 15) is 22.0 Å². The summed E-state index contributed by atoms with van der Waals surface area (Å²) in [7, 11) is 0. The third-order valence-electron chi connectivity index (χ3n) is 1.87. The number of nitrogens with zero attached hydrogens (tertiary/aromatic N) is 2. The second-order valence-electron chi connectivity index (χ2n) is 3.02. The molecule has 0 saturated carbocycles. The summed E-state index contributed by atoms with van der Waals surface area (Å²) in [4.78, 5) is 2.99. The molecule has 1 heterocycles. The molecule has 0 aliphatic heterocycles. The van der Waals surface area contributed by atoms with Gasteiger partial charge in [0, 0.05) is 0 Å². The SMILES string of the molecule is N#CCc1nc(C(F)F)c(C(F)(F)F)cc1O.